The third-order valence-corrected chi connectivity index (χ3v) is 2.88. The van der Waals surface area contributed by atoms with E-state index < -0.39 is 0 Å². The largest absolute Gasteiger partial charge is 0.466 e. The zero-order valence-electron chi connectivity index (χ0n) is 9.58. The Labute approximate surface area is 90.5 Å². The normalized spacial score (nSPS) is 26.1. The Morgan fingerprint density at radius 3 is 2.73 bits per heavy atom. The van der Waals surface area contributed by atoms with Crippen LogP contribution in [-0.2, 0) is 14.3 Å². The summed E-state index contributed by atoms with van der Waals surface area (Å²) in [5.74, 6) is -0.167. The zero-order valence-corrected chi connectivity index (χ0v) is 9.58. The minimum atomic E-state index is -0.215. The Balaban J connectivity index is 2.86. The lowest BCUT2D eigenvalue weighted by Crippen LogP contribution is -2.31. The summed E-state index contributed by atoms with van der Waals surface area (Å²) in [4.78, 5) is 23.1. The van der Waals surface area contributed by atoms with Gasteiger partial charge in [0.15, 0.2) is 5.78 Å². The summed E-state index contributed by atoms with van der Waals surface area (Å²) < 4.78 is 5.03. The fourth-order valence-electron chi connectivity index (χ4n) is 2.14. The van der Waals surface area contributed by atoms with Crippen LogP contribution in [0.4, 0.5) is 0 Å². The maximum absolute atomic E-state index is 11.7. The molecule has 0 N–H and O–H groups in total. The average molecular weight is 210 g/mol. The molecule has 84 valence electrons. The second kappa shape index (κ2) is 5.10. The number of carbonyl (C=O) groups is 2. The van der Waals surface area contributed by atoms with E-state index in [1.54, 1.807) is 13.0 Å². The molecule has 0 heterocycles. The first kappa shape index (κ1) is 12.0. The molecule has 0 aliphatic heterocycles. The highest BCUT2D eigenvalue weighted by Crippen LogP contribution is 2.32. The Bertz CT molecular complexity index is 291. The van der Waals surface area contributed by atoms with Gasteiger partial charge in [0.25, 0.3) is 0 Å². The van der Waals surface area contributed by atoms with Gasteiger partial charge in [-0.25, -0.2) is 0 Å². The molecule has 0 radical (unpaired) electrons. The van der Waals surface area contributed by atoms with Crippen LogP contribution < -0.4 is 0 Å². The van der Waals surface area contributed by atoms with Gasteiger partial charge in [0.1, 0.15) is 0 Å². The summed E-state index contributed by atoms with van der Waals surface area (Å²) in [5, 5.41) is 0. The number of rotatable bonds is 3. The molecule has 1 rings (SSSR count). The SMILES string of the molecule is CCOC(=O)C1C(C)=CC(=O)CC1CC. The molecular formula is C12H18O3. The maximum Gasteiger partial charge on any atom is 0.313 e. The first-order chi connectivity index (χ1) is 7.10. The van der Waals surface area contributed by atoms with Crippen LogP contribution in [0.3, 0.4) is 0 Å². The molecule has 1 aliphatic carbocycles. The molecule has 0 bridgehead atoms. The van der Waals surface area contributed by atoms with Crippen LogP contribution in [0.2, 0.25) is 0 Å². The van der Waals surface area contributed by atoms with E-state index in [0.717, 1.165) is 12.0 Å². The van der Waals surface area contributed by atoms with Crippen molar-refractivity contribution in [2.45, 2.75) is 33.6 Å². The molecule has 3 nitrogen and oxygen atoms in total. The van der Waals surface area contributed by atoms with Gasteiger partial charge in [0, 0.05) is 6.42 Å². The highest BCUT2D eigenvalue weighted by atomic mass is 16.5. The lowest BCUT2D eigenvalue weighted by Gasteiger charge is -2.27. The summed E-state index contributed by atoms with van der Waals surface area (Å²) in [6.45, 7) is 6.03. The standard InChI is InChI=1S/C12H18O3/c1-4-9-7-10(13)6-8(3)11(9)12(14)15-5-2/h6,9,11H,4-5,7H2,1-3H3. The van der Waals surface area contributed by atoms with Crippen molar-refractivity contribution in [3.05, 3.63) is 11.6 Å². The Morgan fingerprint density at radius 2 is 2.20 bits per heavy atom. The van der Waals surface area contributed by atoms with Gasteiger partial charge in [0.05, 0.1) is 12.5 Å². The van der Waals surface area contributed by atoms with Crippen LogP contribution in [0.5, 0.6) is 0 Å². The number of carbonyl (C=O) groups excluding carboxylic acids is 2. The van der Waals surface area contributed by atoms with Gasteiger partial charge in [-0.2, -0.15) is 0 Å². The van der Waals surface area contributed by atoms with Crippen molar-refractivity contribution in [3.63, 3.8) is 0 Å². The molecule has 0 amide bonds. The molecule has 0 aromatic rings. The number of hydrogen-bond donors (Lipinski definition) is 0. The highest BCUT2D eigenvalue weighted by Gasteiger charge is 2.34. The third kappa shape index (κ3) is 2.67. The van der Waals surface area contributed by atoms with Crippen LogP contribution >= 0.6 is 0 Å². The number of ether oxygens (including phenoxy) is 1. The Morgan fingerprint density at radius 1 is 1.53 bits per heavy atom. The smallest absolute Gasteiger partial charge is 0.313 e. The van der Waals surface area contributed by atoms with Crippen molar-refractivity contribution in [1.29, 1.82) is 0 Å². The molecule has 0 saturated heterocycles. The van der Waals surface area contributed by atoms with Crippen molar-refractivity contribution in [2.24, 2.45) is 11.8 Å². The number of esters is 1. The van der Waals surface area contributed by atoms with E-state index in [1.165, 1.54) is 0 Å². The molecule has 1 aliphatic rings. The Kier molecular flexibility index (Phi) is 4.06. The quantitative estimate of drug-likeness (QED) is 0.670. The van der Waals surface area contributed by atoms with Gasteiger partial charge in [-0.05, 0) is 25.8 Å². The average Bonchev–Trinajstić information content (AvgIpc) is 2.16. The number of allylic oxidation sites excluding steroid dienone is 1. The number of ketones is 1. The first-order valence-corrected chi connectivity index (χ1v) is 5.47. The topological polar surface area (TPSA) is 43.4 Å². The van der Waals surface area contributed by atoms with Gasteiger partial charge >= 0.3 is 5.97 Å². The summed E-state index contributed by atoms with van der Waals surface area (Å²) >= 11 is 0. The predicted molar refractivity (Wildman–Crippen MR) is 57.3 cm³/mol. The van der Waals surface area contributed by atoms with E-state index >= 15 is 0 Å². The van der Waals surface area contributed by atoms with Gasteiger partial charge in [-0.3, -0.25) is 9.59 Å². The predicted octanol–water partition coefficient (Wildman–Crippen LogP) is 2.11. The molecule has 0 saturated carbocycles. The van der Waals surface area contributed by atoms with E-state index in [9.17, 15) is 9.59 Å². The molecule has 3 heteroatoms. The van der Waals surface area contributed by atoms with Gasteiger partial charge < -0.3 is 4.74 Å². The second-order valence-electron chi connectivity index (χ2n) is 3.96. The van der Waals surface area contributed by atoms with Crippen molar-refractivity contribution in [1.82, 2.24) is 0 Å². The highest BCUT2D eigenvalue weighted by molar-refractivity contribution is 5.94. The molecule has 0 spiro atoms. The molecule has 15 heavy (non-hydrogen) atoms. The third-order valence-electron chi connectivity index (χ3n) is 2.88. The zero-order chi connectivity index (χ0) is 11.4. The van der Waals surface area contributed by atoms with Crippen molar-refractivity contribution >= 4 is 11.8 Å². The summed E-state index contributed by atoms with van der Waals surface area (Å²) in [6, 6.07) is 0. The van der Waals surface area contributed by atoms with Crippen LogP contribution in [0.1, 0.15) is 33.6 Å². The lowest BCUT2D eigenvalue weighted by molar-refractivity contribution is -0.148. The number of hydrogen-bond acceptors (Lipinski definition) is 3. The van der Waals surface area contributed by atoms with E-state index in [2.05, 4.69) is 0 Å². The van der Waals surface area contributed by atoms with E-state index in [-0.39, 0.29) is 23.6 Å². The fourth-order valence-corrected chi connectivity index (χ4v) is 2.14. The maximum atomic E-state index is 11.7. The molecule has 0 aromatic heterocycles. The van der Waals surface area contributed by atoms with Crippen LogP contribution in [0.15, 0.2) is 11.6 Å². The first-order valence-electron chi connectivity index (χ1n) is 5.47. The molecule has 2 unspecified atom stereocenters. The minimum Gasteiger partial charge on any atom is -0.466 e. The van der Waals surface area contributed by atoms with E-state index in [4.69, 9.17) is 4.74 Å². The summed E-state index contributed by atoms with van der Waals surface area (Å²) in [7, 11) is 0. The fraction of sp³-hybridized carbons (Fsp3) is 0.667. The van der Waals surface area contributed by atoms with E-state index in [0.29, 0.717) is 13.0 Å². The van der Waals surface area contributed by atoms with Gasteiger partial charge in [-0.1, -0.05) is 18.9 Å². The molecule has 0 aromatic carbocycles. The Hall–Kier alpha value is -1.12. The molecular weight excluding hydrogens is 192 g/mol. The summed E-state index contributed by atoms with van der Waals surface area (Å²) in [6.07, 6.45) is 2.88. The second-order valence-corrected chi connectivity index (χ2v) is 3.96. The minimum absolute atomic E-state index is 0.113. The van der Waals surface area contributed by atoms with E-state index in [1.807, 2.05) is 13.8 Å². The lowest BCUT2D eigenvalue weighted by atomic mass is 9.77. The molecule has 2 atom stereocenters. The monoisotopic (exact) mass is 210 g/mol. The van der Waals surface area contributed by atoms with Crippen molar-refractivity contribution < 1.29 is 14.3 Å². The molecule has 0 fully saturated rings. The van der Waals surface area contributed by atoms with Gasteiger partial charge in [0.2, 0.25) is 0 Å². The van der Waals surface area contributed by atoms with Crippen LogP contribution in [0, 0.1) is 11.8 Å². The summed E-state index contributed by atoms with van der Waals surface area (Å²) in [5.41, 5.74) is 0.844. The van der Waals surface area contributed by atoms with Gasteiger partial charge in [-0.15, -0.1) is 0 Å². The van der Waals surface area contributed by atoms with Crippen molar-refractivity contribution in [2.75, 3.05) is 6.61 Å². The van der Waals surface area contributed by atoms with Crippen LogP contribution in [0.25, 0.3) is 0 Å². The van der Waals surface area contributed by atoms with Crippen molar-refractivity contribution in [3.8, 4) is 0 Å². The van der Waals surface area contributed by atoms with Crippen LogP contribution in [-0.4, -0.2) is 18.4 Å².